The SMILES string of the molecule is Cc1ccc(C)c(/C=C/c2onc(C)c2S(=O)(=O)N2CCC[C@H](C(=O)Nc3cc(C)on3)C2)c1. The zero-order valence-electron chi connectivity index (χ0n) is 19.7. The van der Waals surface area contributed by atoms with Crippen LogP contribution in [0.3, 0.4) is 0 Å². The molecule has 0 unspecified atom stereocenters. The number of nitrogens with one attached hydrogen (secondary N) is 1. The highest BCUT2D eigenvalue weighted by molar-refractivity contribution is 7.89. The van der Waals surface area contributed by atoms with E-state index < -0.39 is 15.9 Å². The summed E-state index contributed by atoms with van der Waals surface area (Å²) in [4.78, 5) is 12.8. The Balaban J connectivity index is 1.56. The first-order valence-corrected chi connectivity index (χ1v) is 12.5. The number of carbonyl (C=O) groups excluding carboxylic acids is 1. The average Bonchev–Trinajstić information content (AvgIpc) is 3.39. The predicted molar refractivity (Wildman–Crippen MR) is 127 cm³/mol. The van der Waals surface area contributed by atoms with Crippen molar-refractivity contribution in [3.05, 3.63) is 58.2 Å². The van der Waals surface area contributed by atoms with E-state index in [-0.39, 0.29) is 28.8 Å². The largest absolute Gasteiger partial charge is 0.360 e. The third-order valence-electron chi connectivity index (χ3n) is 5.91. The van der Waals surface area contributed by atoms with E-state index in [1.54, 1.807) is 26.0 Å². The van der Waals surface area contributed by atoms with Crippen LogP contribution >= 0.6 is 0 Å². The van der Waals surface area contributed by atoms with Gasteiger partial charge in [0.05, 0.1) is 5.92 Å². The standard InChI is InChI=1S/C24H28N4O5S/c1-15-7-8-16(2)19(12-15)9-10-21-23(18(4)26-33-21)34(30,31)28-11-5-6-20(14-28)24(29)25-22-13-17(3)32-27-22/h7-10,12-13,20H,5-6,11,14H2,1-4H3,(H,25,27,29)/b10-9+/t20-/m0/s1. The quantitative estimate of drug-likeness (QED) is 0.559. The van der Waals surface area contributed by atoms with Crippen molar-refractivity contribution < 1.29 is 22.3 Å². The Morgan fingerprint density at radius 2 is 1.91 bits per heavy atom. The summed E-state index contributed by atoms with van der Waals surface area (Å²) in [6.07, 6.45) is 4.60. The zero-order chi connectivity index (χ0) is 24.5. The molecular formula is C24H28N4O5S. The van der Waals surface area contributed by atoms with Crippen molar-refractivity contribution in [2.45, 2.75) is 45.4 Å². The van der Waals surface area contributed by atoms with Gasteiger partial charge >= 0.3 is 0 Å². The van der Waals surface area contributed by atoms with Crippen molar-refractivity contribution in [1.82, 2.24) is 14.6 Å². The van der Waals surface area contributed by atoms with Gasteiger partial charge in [-0.3, -0.25) is 4.79 Å². The number of nitrogens with zero attached hydrogens (tertiary/aromatic N) is 3. The number of carbonyl (C=O) groups is 1. The number of piperidine rings is 1. The van der Waals surface area contributed by atoms with E-state index in [1.807, 2.05) is 38.1 Å². The van der Waals surface area contributed by atoms with Gasteiger partial charge in [-0.25, -0.2) is 8.42 Å². The summed E-state index contributed by atoms with van der Waals surface area (Å²) in [7, 11) is -3.93. The lowest BCUT2D eigenvalue weighted by Gasteiger charge is -2.30. The number of hydrogen-bond donors (Lipinski definition) is 1. The fourth-order valence-electron chi connectivity index (χ4n) is 4.06. The van der Waals surface area contributed by atoms with Gasteiger partial charge in [-0.15, -0.1) is 0 Å². The smallest absolute Gasteiger partial charge is 0.248 e. The van der Waals surface area contributed by atoms with E-state index in [1.165, 1.54) is 4.31 Å². The molecule has 0 bridgehead atoms. The maximum absolute atomic E-state index is 13.6. The van der Waals surface area contributed by atoms with Crippen LogP contribution in [0.5, 0.6) is 0 Å². The fourth-order valence-corrected chi connectivity index (χ4v) is 5.84. The molecule has 9 nitrogen and oxygen atoms in total. The number of benzene rings is 1. The monoisotopic (exact) mass is 484 g/mol. The summed E-state index contributed by atoms with van der Waals surface area (Å²) in [5.74, 6) is 0.270. The number of rotatable bonds is 6. The lowest BCUT2D eigenvalue weighted by molar-refractivity contribution is -0.120. The Hall–Kier alpha value is -3.24. The van der Waals surface area contributed by atoms with Crippen molar-refractivity contribution >= 4 is 33.9 Å². The summed E-state index contributed by atoms with van der Waals surface area (Å²) in [6, 6.07) is 7.67. The van der Waals surface area contributed by atoms with Crippen molar-refractivity contribution in [3.8, 4) is 0 Å². The molecule has 1 saturated heterocycles. The van der Waals surface area contributed by atoms with Crippen LogP contribution in [0.25, 0.3) is 12.2 Å². The molecule has 1 amide bonds. The maximum Gasteiger partial charge on any atom is 0.248 e. The van der Waals surface area contributed by atoms with Gasteiger partial charge in [-0.05, 0) is 57.7 Å². The summed E-state index contributed by atoms with van der Waals surface area (Å²) in [5, 5.41) is 10.4. The summed E-state index contributed by atoms with van der Waals surface area (Å²) >= 11 is 0. The number of sulfonamides is 1. The van der Waals surface area contributed by atoms with E-state index >= 15 is 0 Å². The molecule has 1 aliphatic rings. The Bertz CT molecular complexity index is 1340. The van der Waals surface area contributed by atoms with Crippen LogP contribution in [0.15, 0.2) is 38.2 Å². The van der Waals surface area contributed by atoms with Gasteiger partial charge in [-0.2, -0.15) is 4.31 Å². The lowest BCUT2D eigenvalue weighted by Crippen LogP contribution is -2.43. The molecule has 1 atom stereocenters. The third kappa shape index (κ3) is 4.97. The number of anilines is 1. The van der Waals surface area contributed by atoms with Gasteiger partial charge in [0.1, 0.15) is 11.5 Å². The molecule has 10 heteroatoms. The molecule has 3 aromatic rings. The molecule has 4 rings (SSSR count). The van der Waals surface area contributed by atoms with Crippen molar-refractivity contribution in [1.29, 1.82) is 0 Å². The molecule has 3 heterocycles. The van der Waals surface area contributed by atoms with E-state index in [4.69, 9.17) is 9.05 Å². The minimum absolute atomic E-state index is 0.0299. The normalized spacial score (nSPS) is 17.4. The molecule has 0 aliphatic carbocycles. The highest BCUT2D eigenvalue weighted by atomic mass is 32.2. The van der Waals surface area contributed by atoms with Gasteiger partial charge in [0, 0.05) is 19.2 Å². The number of aromatic nitrogens is 2. The Labute approximate surface area is 198 Å². The molecule has 0 spiro atoms. The van der Waals surface area contributed by atoms with Gasteiger partial charge in [0.15, 0.2) is 16.5 Å². The van der Waals surface area contributed by atoms with Crippen LogP contribution in [0, 0.1) is 33.6 Å². The maximum atomic E-state index is 13.6. The second-order valence-electron chi connectivity index (χ2n) is 8.67. The van der Waals surface area contributed by atoms with Crippen LogP contribution in [0.2, 0.25) is 0 Å². The summed E-state index contributed by atoms with van der Waals surface area (Å²) in [5.41, 5.74) is 3.42. The van der Waals surface area contributed by atoms with Crippen LogP contribution in [0.1, 0.15) is 46.7 Å². The van der Waals surface area contributed by atoms with Crippen LogP contribution in [0.4, 0.5) is 5.82 Å². The zero-order valence-corrected chi connectivity index (χ0v) is 20.5. The average molecular weight is 485 g/mol. The van der Waals surface area contributed by atoms with Gasteiger partial charge in [0.2, 0.25) is 15.9 Å². The highest BCUT2D eigenvalue weighted by Gasteiger charge is 2.37. The van der Waals surface area contributed by atoms with Gasteiger partial charge in [-0.1, -0.05) is 40.2 Å². The first-order valence-electron chi connectivity index (χ1n) is 11.1. The predicted octanol–water partition coefficient (Wildman–Crippen LogP) is 4.11. The molecule has 1 aliphatic heterocycles. The van der Waals surface area contributed by atoms with Gasteiger partial charge < -0.3 is 14.4 Å². The second-order valence-corrected chi connectivity index (χ2v) is 10.5. The molecule has 34 heavy (non-hydrogen) atoms. The van der Waals surface area contributed by atoms with E-state index in [0.717, 1.165) is 16.7 Å². The third-order valence-corrected chi connectivity index (χ3v) is 7.94. The fraction of sp³-hybridized carbons (Fsp3) is 0.375. The van der Waals surface area contributed by atoms with Gasteiger partial charge in [0.25, 0.3) is 0 Å². The first-order chi connectivity index (χ1) is 16.1. The Morgan fingerprint density at radius 3 is 2.65 bits per heavy atom. The molecule has 180 valence electrons. The molecule has 0 radical (unpaired) electrons. The number of amides is 1. The van der Waals surface area contributed by atoms with Crippen molar-refractivity contribution in [2.75, 3.05) is 18.4 Å². The van der Waals surface area contributed by atoms with Crippen LogP contribution < -0.4 is 5.32 Å². The highest BCUT2D eigenvalue weighted by Crippen LogP contribution is 2.30. The molecule has 0 saturated carbocycles. The van der Waals surface area contributed by atoms with Crippen molar-refractivity contribution in [3.63, 3.8) is 0 Å². The topological polar surface area (TPSA) is 119 Å². The van der Waals surface area contributed by atoms with Crippen LogP contribution in [-0.2, 0) is 14.8 Å². The minimum atomic E-state index is -3.93. The van der Waals surface area contributed by atoms with E-state index in [2.05, 4.69) is 15.6 Å². The molecule has 1 aromatic carbocycles. The number of aryl methyl sites for hydroxylation is 4. The van der Waals surface area contributed by atoms with Crippen LogP contribution in [-0.4, -0.2) is 42.0 Å². The second kappa shape index (κ2) is 9.55. The number of hydrogen-bond acceptors (Lipinski definition) is 7. The first kappa shape index (κ1) is 23.9. The molecule has 1 N–H and O–H groups in total. The molecule has 2 aromatic heterocycles. The minimum Gasteiger partial charge on any atom is -0.360 e. The molecular weight excluding hydrogens is 456 g/mol. The summed E-state index contributed by atoms with van der Waals surface area (Å²) < 4.78 is 38.9. The Kier molecular flexibility index (Phi) is 6.72. The molecule has 1 fully saturated rings. The Morgan fingerprint density at radius 1 is 1.12 bits per heavy atom. The lowest BCUT2D eigenvalue weighted by atomic mass is 9.99. The van der Waals surface area contributed by atoms with Crippen molar-refractivity contribution in [2.24, 2.45) is 5.92 Å². The summed E-state index contributed by atoms with van der Waals surface area (Å²) in [6.45, 7) is 7.70. The van der Waals surface area contributed by atoms with E-state index in [9.17, 15) is 13.2 Å². The van der Waals surface area contributed by atoms with E-state index in [0.29, 0.717) is 31.0 Å².